The molecule has 0 aliphatic rings. The molecule has 0 atom stereocenters. The van der Waals surface area contributed by atoms with E-state index in [4.69, 9.17) is 0 Å². The molecule has 4 nitrogen and oxygen atoms in total. The molecular formula is C32H47FN2O2. The minimum atomic E-state index is -0.811. The molecule has 0 bridgehead atoms. The van der Waals surface area contributed by atoms with Crippen LogP contribution in [0.1, 0.15) is 115 Å². The van der Waals surface area contributed by atoms with Gasteiger partial charge >= 0.3 is 5.69 Å². The molecule has 0 aromatic heterocycles. The molecule has 0 saturated carbocycles. The van der Waals surface area contributed by atoms with E-state index in [9.17, 15) is 14.5 Å². The van der Waals surface area contributed by atoms with Gasteiger partial charge in [-0.1, -0.05) is 115 Å². The lowest BCUT2D eigenvalue weighted by Crippen LogP contribution is -2.25. The van der Waals surface area contributed by atoms with E-state index in [2.05, 4.69) is 43.0 Å². The number of unbranched alkanes of at least 4 members (excludes halogenated alkanes) is 12. The zero-order valence-electron chi connectivity index (χ0n) is 23.1. The van der Waals surface area contributed by atoms with Crippen molar-refractivity contribution in [3.8, 4) is 0 Å². The van der Waals surface area contributed by atoms with Crippen LogP contribution in [0.4, 0.5) is 15.8 Å². The van der Waals surface area contributed by atoms with Gasteiger partial charge in [0.05, 0.1) is 4.92 Å². The second-order valence-electron chi connectivity index (χ2n) is 10.1. The van der Waals surface area contributed by atoms with Gasteiger partial charge < -0.3 is 4.90 Å². The van der Waals surface area contributed by atoms with Gasteiger partial charge in [0.15, 0.2) is 0 Å². The summed E-state index contributed by atoms with van der Waals surface area (Å²) in [6.07, 6.45) is 22.1. The van der Waals surface area contributed by atoms with Crippen molar-refractivity contribution in [2.75, 3.05) is 18.0 Å². The molecule has 0 fully saturated rings. The zero-order valence-corrected chi connectivity index (χ0v) is 23.1. The van der Waals surface area contributed by atoms with Gasteiger partial charge in [-0.3, -0.25) is 10.1 Å². The molecule has 0 aliphatic heterocycles. The minimum Gasteiger partial charge on any atom is -0.372 e. The van der Waals surface area contributed by atoms with Gasteiger partial charge in [0.1, 0.15) is 0 Å². The van der Waals surface area contributed by atoms with E-state index in [0.717, 1.165) is 18.7 Å². The summed E-state index contributed by atoms with van der Waals surface area (Å²) in [6.45, 7) is 6.72. The number of benzene rings is 2. The Morgan fingerprint density at radius 3 is 1.65 bits per heavy atom. The molecule has 2 aromatic rings. The van der Waals surface area contributed by atoms with E-state index in [0.29, 0.717) is 5.56 Å². The fourth-order valence-corrected chi connectivity index (χ4v) is 4.65. The summed E-state index contributed by atoms with van der Waals surface area (Å²) in [5.74, 6) is -0.811. The molecule has 0 amide bonds. The number of hydrogen-bond acceptors (Lipinski definition) is 3. The van der Waals surface area contributed by atoms with E-state index in [-0.39, 0.29) is 0 Å². The van der Waals surface area contributed by atoms with Crippen LogP contribution in [0.5, 0.6) is 0 Å². The van der Waals surface area contributed by atoms with Gasteiger partial charge in [0.2, 0.25) is 5.82 Å². The van der Waals surface area contributed by atoms with Gasteiger partial charge in [-0.15, -0.1) is 0 Å². The van der Waals surface area contributed by atoms with Crippen LogP contribution in [0.2, 0.25) is 0 Å². The van der Waals surface area contributed by atoms with Crippen molar-refractivity contribution >= 4 is 23.5 Å². The largest absolute Gasteiger partial charge is 0.372 e. The first kappa shape index (κ1) is 30.5. The third-order valence-electron chi connectivity index (χ3n) is 6.96. The van der Waals surface area contributed by atoms with Crippen molar-refractivity contribution in [3.63, 3.8) is 0 Å². The SMILES string of the molecule is CCCCCCCCCN(CCCCCCCCC)c1ccc(C=Cc2ccc([N+](=O)[O-])c(F)c2)cc1. The molecule has 5 heteroatoms. The molecule has 37 heavy (non-hydrogen) atoms. The topological polar surface area (TPSA) is 46.4 Å². The highest BCUT2D eigenvalue weighted by atomic mass is 19.1. The lowest BCUT2D eigenvalue weighted by atomic mass is 10.1. The van der Waals surface area contributed by atoms with Crippen LogP contribution in [-0.4, -0.2) is 18.0 Å². The second-order valence-corrected chi connectivity index (χ2v) is 10.1. The summed E-state index contributed by atoms with van der Waals surface area (Å²) in [5.41, 5.74) is 2.39. The Balaban J connectivity index is 1.92. The predicted molar refractivity (Wildman–Crippen MR) is 157 cm³/mol. The average Bonchev–Trinajstić information content (AvgIpc) is 2.90. The first-order valence-electron chi connectivity index (χ1n) is 14.5. The molecule has 2 rings (SSSR count). The second kappa shape index (κ2) is 18.5. The fraction of sp³-hybridized carbons (Fsp3) is 0.562. The smallest absolute Gasteiger partial charge is 0.304 e. The molecule has 0 saturated heterocycles. The molecular weight excluding hydrogens is 463 g/mol. The van der Waals surface area contributed by atoms with Crippen LogP contribution in [0.3, 0.4) is 0 Å². The van der Waals surface area contributed by atoms with E-state index in [1.165, 1.54) is 108 Å². The van der Waals surface area contributed by atoms with Crippen molar-refractivity contribution in [2.24, 2.45) is 0 Å². The number of rotatable bonds is 20. The average molecular weight is 511 g/mol. The third-order valence-corrected chi connectivity index (χ3v) is 6.96. The van der Waals surface area contributed by atoms with Crippen molar-refractivity contribution in [1.29, 1.82) is 0 Å². The normalized spacial score (nSPS) is 11.3. The number of nitro benzene ring substituents is 1. The summed E-state index contributed by atoms with van der Waals surface area (Å²) >= 11 is 0. The summed E-state index contributed by atoms with van der Waals surface area (Å²) < 4.78 is 13.9. The minimum absolute atomic E-state index is 0.497. The van der Waals surface area contributed by atoms with Crippen LogP contribution in [0, 0.1) is 15.9 Å². The fourth-order valence-electron chi connectivity index (χ4n) is 4.65. The number of anilines is 1. The Hall–Kier alpha value is -2.69. The van der Waals surface area contributed by atoms with E-state index < -0.39 is 16.4 Å². The lowest BCUT2D eigenvalue weighted by Gasteiger charge is -2.25. The number of nitro groups is 1. The van der Waals surface area contributed by atoms with Gasteiger partial charge in [0, 0.05) is 24.8 Å². The lowest BCUT2D eigenvalue weighted by molar-refractivity contribution is -0.387. The molecule has 0 spiro atoms. The summed E-state index contributed by atoms with van der Waals surface area (Å²) in [7, 11) is 0. The van der Waals surface area contributed by atoms with Crippen LogP contribution >= 0.6 is 0 Å². The Morgan fingerprint density at radius 1 is 0.703 bits per heavy atom. The molecule has 2 aromatic carbocycles. The number of hydrogen-bond donors (Lipinski definition) is 0. The standard InChI is InChI=1S/C32H47FN2O2/c1-3-5-7-9-11-13-15-25-34(26-16-14-12-10-8-6-4-2)30-22-19-28(20-23-30)17-18-29-21-24-32(35(36)37)31(33)27-29/h17-24,27H,3-16,25-26H2,1-2H3. The molecule has 204 valence electrons. The van der Waals surface area contributed by atoms with Crippen molar-refractivity contribution in [3.05, 3.63) is 69.5 Å². The van der Waals surface area contributed by atoms with Crippen LogP contribution in [0.15, 0.2) is 42.5 Å². The maximum Gasteiger partial charge on any atom is 0.304 e. The summed E-state index contributed by atoms with van der Waals surface area (Å²) in [4.78, 5) is 12.7. The summed E-state index contributed by atoms with van der Waals surface area (Å²) in [6, 6.07) is 12.5. The van der Waals surface area contributed by atoms with Crippen molar-refractivity contribution < 1.29 is 9.31 Å². The van der Waals surface area contributed by atoms with E-state index >= 15 is 0 Å². The van der Waals surface area contributed by atoms with Crippen molar-refractivity contribution in [1.82, 2.24) is 0 Å². The van der Waals surface area contributed by atoms with Gasteiger partial charge in [-0.25, -0.2) is 0 Å². The molecule has 0 aliphatic carbocycles. The zero-order chi connectivity index (χ0) is 26.7. The maximum atomic E-state index is 13.9. The van der Waals surface area contributed by atoms with Crippen LogP contribution in [-0.2, 0) is 0 Å². The Morgan fingerprint density at radius 2 is 1.16 bits per heavy atom. The van der Waals surface area contributed by atoms with E-state index in [1.807, 2.05) is 6.08 Å². The quantitative estimate of drug-likeness (QED) is 0.0770. The first-order chi connectivity index (χ1) is 18.0. The highest BCUT2D eigenvalue weighted by Gasteiger charge is 2.12. The Kier molecular flexibility index (Phi) is 15.3. The van der Waals surface area contributed by atoms with Gasteiger partial charge in [-0.05, 0) is 48.2 Å². The van der Waals surface area contributed by atoms with E-state index in [1.54, 1.807) is 12.1 Å². The van der Waals surface area contributed by atoms with Gasteiger partial charge in [0.25, 0.3) is 0 Å². The molecule has 0 unspecified atom stereocenters. The molecule has 0 heterocycles. The monoisotopic (exact) mass is 510 g/mol. The Bertz CT molecular complexity index is 909. The van der Waals surface area contributed by atoms with Crippen LogP contribution < -0.4 is 4.90 Å². The molecule has 0 radical (unpaired) electrons. The predicted octanol–water partition coefficient (Wildman–Crippen LogP) is 10.2. The van der Waals surface area contributed by atoms with Crippen molar-refractivity contribution in [2.45, 2.75) is 104 Å². The summed E-state index contributed by atoms with van der Waals surface area (Å²) in [5, 5.41) is 10.8. The molecule has 0 N–H and O–H groups in total. The maximum absolute atomic E-state index is 13.9. The first-order valence-corrected chi connectivity index (χ1v) is 14.5. The van der Waals surface area contributed by atoms with Crippen LogP contribution in [0.25, 0.3) is 12.2 Å². The highest BCUT2D eigenvalue weighted by molar-refractivity contribution is 5.71. The highest BCUT2D eigenvalue weighted by Crippen LogP contribution is 2.22. The van der Waals surface area contributed by atoms with Gasteiger partial charge in [-0.2, -0.15) is 4.39 Å². The number of halogens is 1. The Labute approximate surface area is 224 Å². The number of nitrogens with zero attached hydrogens (tertiary/aromatic N) is 2. The third kappa shape index (κ3) is 12.4.